The highest BCUT2D eigenvalue weighted by molar-refractivity contribution is 5.76. The number of hydrogen-bond donors (Lipinski definition) is 0. The SMILES string of the molecule is COC(=O)[C@@H](C)[N+]#N. The highest BCUT2D eigenvalue weighted by Gasteiger charge is 2.23. The molecular formula is C4H7N2O2+. The summed E-state index contributed by atoms with van der Waals surface area (Å²) in [4.78, 5) is 13.0. The topological polar surface area (TPSA) is 54.5 Å². The molecule has 0 aromatic carbocycles. The van der Waals surface area contributed by atoms with Crippen LogP contribution in [0.25, 0.3) is 4.98 Å². The molecule has 44 valence electrons. The first-order valence-electron chi connectivity index (χ1n) is 2.14. The van der Waals surface area contributed by atoms with Gasteiger partial charge in [-0.25, -0.2) is 4.79 Å². The first-order valence-corrected chi connectivity index (χ1v) is 2.14. The molecule has 0 aliphatic carbocycles. The minimum Gasteiger partial charge on any atom is -0.463 e. The van der Waals surface area contributed by atoms with Crippen LogP contribution in [-0.4, -0.2) is 19.1 Å². The molecule has 0 aromatic rings. The summed E-state index contributed by atoms with van der Waals surface area (Å²) in [5.41, 5.74) is 0. The molecule has 0 aliphatic rings. The van der Waals surface area contributed by atoms with Crippen LogP contribution < -0.4 is 0 Å². The van der Waals surface area contributed by atoms with Gasteiger partial charge in [0.1, 0.15) is 4.98 Å². The molecule has 0 saturated heterocycles. The van der Waals surface area contributed by atoms with Gasteiger partial charge < -0.3 is 4.74 Å². The Balaban J connectivity index is 3.68. The maximum absolute atomic E-state index is 10.3. The van der Waals surface area contributed by atoms with E-state index in [0.717, 1.165) is 0 Å². The van der Waals surface area contributed by atoms with E-state index in [1.165, 1.54) is 14.0 Å². The average molecular weight is 115 g/mol. The maximum atomic E-state index is 10.3. The van der Waals surface area contributed by atoms with Gasteiger partial charge >= 0.3 is 12.0 Å². The van der Waals surface area contributed by atoms with Gasteiger partial charge in [0.05, 0.1) is 7.11 Å². The Hall–Kier alpha value is -1.11. The molecule has 0 aliphatic heterocycles. The summed E-state index contributed by atoms with van der Waals surface area (Å²) in [6, 6.07) is -0.764. The van der Waals surface area contributed by atoms with Crippen LogP contribution in [0.1, 0.15) is 6.92 Å². The lowest BCUT2D eigenvalue weighted by atomic mass is 10.4. The Morgan fingerprint density at radius 2 is 2.38 bits per heavy atom. The third-order valence-corrected chi connectivity index (χ3v) is 0.716. The Morgan fingerprint density at radius 3 is 2.50 bits per heavy atom. The summed E-state index contributed by atoms with van der Waals surface area (Å²) in [5.74, 6) is -0.535. The van der Waals surface area contributed by atoms with E-state index < -0.39 is 12.0 Å². The molecule has 0 fully saturated rings. The average Bonchev–Trinajstić information content (AvgIpc) is 1.84. The van der Waals surface area contributed by atoms with Crippen molar-refractivity contribution >= 4 is 5.97 Å². The first-order chi connectivity index (χ1) is 3.72. The van der Waals surface area contributed by atoms with Gasteiger partial charge in [-0.3, -0.25) is 0 Å². The van der Waals surface area contributed by atoms with Crippen LogP contribution in [0.2, 0.25) is 0 Å². The number of ether oxygens (including phenoxy) is 1. The minimum absolute atomic E-state index is 0.535. The predicted molar refractivity (Wildman–Crippen MR) is 26.6 cm³/mol. The number of rotatable bonds is 1. The van der Waals surface area contributed by atoms with Crippen LogP contribution in [0.4, 0.5) is 0 Å². The zero-order valence-electron chi connectivity index (χ0n) is 4.79. The van der Waals surface area contributed by atoms with E-state index in [4.69, 9.17) is 5.39 Å². The van der Waals surface area contributed by atoms with Crippen LogP contribution in [0.15, 0.2) is 0 Å². The van der Waals surface area contributed by atoms with E-state index in [-0.39, 0.29) is 0 Å². The van der Waals surface area contributed by atoms with Gasteiger partial charge in [0.15, 0.2) is 0 Å². The second-order valence-corrected chi connectivity index (χ2v) is 1.31. The lowest BCUT2D eigenvalue weighted by Crippen LogP contribution is -2.13. The molecule has 0 heterocycles. The highest BCUT2D eigenvalue weighted by Crippen LogP contribution is 1.89. The molecule has 0 aromatic heterocycles. The number of carbonyl (C=O) groups excluding carboxylic acids is 1. The van der Waals surface area contributed by atoms with Crippen molar-refractivity contribution in [2.45, 2.75) is 13.0 Å². The predicted octanol–water partition coefficient (Wildman–Crippen LogP) is 0.401. The number of hydrogen-bond acceptors (Lipinski definition) is 3. The zero-order valence-corrected chi connectivity index (χ0v) is 4.79. The molecule has 8 heavy (non-hydrogen) atoms. The molecule has 0 spiro atoms. The molecule has 0 radical (unpaired) electrons. The van der Waals surface area contributed by atoms with E-state index in [1.54, 1.807) is 0 Å². The summed E-state index contributed by atoms with van der Waals surface area (Å²) >= 11 is 0. The van der Waals surface area contributed by atoms with Gasteiger partial charge in [0, 0.05) is 6.92 Å². The zero-order chi connectivity index (χ0) is 6.57. The Labute approximate surface area is 47.1 Å². The van der Waals surface area contributed by atoms with Crippen LogP contribution >= 0.6 is 0 Å². The smallest absolute Gasteiger partial charge is 0.405 e. The number of carbonyl (C=O) groups is 1. The van der Waals surface area contributed by atoms with Crippen LogP contribution in [-0.2, 0) is 9.53 Å². The van der Waals surface area contributed by atoms with Crippen molar-refractivity contribution in [1.29, 1.82) is 5.39 Å². The van der Waals surface area contributed by atoms with E-state index in [0.29, 0.717) is 0 Å². The summed E-state index contributed by atoms with van der Waals surface area (Å²) in [7, 11) is 1.24. The summed E-state index contributed by atoms with van der Waals surface area (Å²) in [6.45, 7) is 1.44. The molecular weight excluding hydrogens is 108 g/mol. The summed E-state index contributed by atoms with van der Waals surface area (Å²) < 4.78 is 4.21. The fraction of sp³-hybridized carbons (Fsp3) is 0.750. The molecule has 0 saturated carbocycles. The monoisotopic (exact) mass is 115 g/mol. The summed E-state index contributed by atoms with van der Waals surface area (Å²) in [6.07, 6.45) is 0. The van der Waals surface area contributed by atoms with Crippen LogP contribution in [0.3, 0.4) is 0 Å². The standard InChI is InChI=1S/C4H7N2O2/c1-3(6-5)4(7)8-2/h3H,1-2H3/q+1/t3-/m1/s1. The van der Waals surface area contributed by atoms with Crippen molar-refractivity contribution in [2.24, 2.45) is 0 Å². The van der Waals surface area contributed by atoms with E-state index >= 15 is 0 Å². The Morgan fingerprint density at radius 1 is 1.88 bits per heavy atom. The Kier molecular flexibility index (Phi) is 2.56. The van der Waals surface area contributed by atoms with Crippen LogP contribution in [0.5, 0.6) is 0 Å². The van der Waals surface area contributed by atoms with Crippen molar-refractivity contribution < 1.29 is 9.53 Å². The lowest BCUT2D eigenvalue weighted by molar-refractivity contribution is -0.140. The normalized spacial score (nSPS) is 11.6. The molecule has 4 nitrogen and oxygen atoms in total. The molecule has 0 unspecified atom stereocenters. The van der Waals surface area contributed by atoms with Gasteiger partial charge in [0.2, 0.25) is 5.39 Å². The third kappa shape index (κ3) is 1.56. The number of nitrogens with zero attached hydrogens (tertiary/aromatic N) is 2. The number of esters is 1. The molecule has 0 N–H and O–H groups in total. The second kappa shape index (κ2) is 2.97. The minimum atomic E-state index is -0.764. The summed E-state index contributed by atoms with van der Waals surface area (Å²) in [5, 5.41) is 7.96. The Bertz CT molecular complexity index is 126. The van der Waals surface area contributed by atoms with Gasteiger partial charge in [-0.05, 0) is 0 Å². The molecule has 0 rings (SSSR count). The van der Waals surface area contributed by atoms with Gasteiger partial charge in [-0.2, -0.15) is 0 Å². The molecule has 4 heteroatoms. The van der Waals surface area contributed by atoms with Gasteiger partial charge in [-0.1, -0.05) is 0 Å². The molecule has 0 amide bonds. The number of diazo groups is 1. The number of methoxy groups -OCH3 is 1. The van der Waals surface area contributed by atoms with E-state index in [2.05, 4.69) is 9.71 Å². The van der Waals surface area contributed by atoms with Crippen molar-refractivity contribution in [3.8, 4) is 0 Å². The largest absolute Gasteiger partial charge is 0.463 e. The first kappa shape index (κ1) is 6.89. The quantitative estimate of drug-likeness (QED) is 0.367. The fourth-order valence-electron chi connectivity index (χ4n) is 0.218. The second-order valence-electron chi connectivity index (χ2n) is 1.31. The van der Waals surface area contributed by atoms with Gasteiger partial charge in [0.25, 0.3) is 0 Å². The van der Waals surface area contributed by atoms with Crippen molar-refractivity contribution in [3.05, 3.63) is 4.98 Å². The third-order valence-electron chi connectivity index (χ3n) is 0.716. The molecule has 0 bridgehead atoms. The molecule has 1 atom stereocenters. The highest BCUT2D eigenvalue weighted by atomic mass is 16.5. The van der Waals surface area contributed by atoms with E-state index in [1.807, 2.05) is 0 Å². The fourth-order valence-corrected chi connectivity index (χ4v) is 0.218. The van der Waals surface area contributed by atoms with E-state index in [9.17, 15) is 4.79 Å². The van der Waals surface area contributed by atoms with Crippen molar-refractivity contribution in [2.75, 3.05) is 7.11 Å². The maximum Gasteiger partial charge on any atom is 0.405 e. The van der Waals surface area contributed by atoms with Crippen molar-refractivity contribution in [3.63, 3.8) is 0 Å². The van der Waals surface area contributed by atoms with Crippen molar-refractivity contribution in [1.82, 2.24) is 0 Å². The lowest BCUT2D eigenvalue weighted by Gasteiger charge is -1.87. The van der Waals surface area contributed by atoms with Gasteiger partial charge in [-0.15, -0.1) is 0 Å². The van der Waals surface area contributed by atoms with Crippen LogP contribution in [0, 0.1) is 5.39 Å².